The van der Waals surface area contributed by atoms with Crippen LogP contribution in [-0.2, 0) is 6.61 Å². The van der Waals surface area contributed by atoms with Crippen molar-refractivity contribution in [3.8, 4) is 17.3 Å². The first-order valence-corrected chi connectivity index (χ1v) is 14.0. The van der Waals surface area contributed by atoms with Gasteiger partial charge in [0.15, 0.2) is 5.76 Å². The SMILES string of the molecule is O=c1c2ccccc2nc(-c2cc3cc(Br)ccc3o2)n1N=Cc1cc(Br)cc([N+](=O)[O-])c1OCc1ccccc1F. The van der Waals surface area contributed by atoms with Crippen LogP contribution in [0.15, 0.2) is 108 Å². The average molecular weight is 692 g/mol. The number of rotatable bonds is 7. The maximum atomic E-state index is 14.3. The summed E-state index contributed by atoms with van der Waals surface area (Å²) in [6.45, 7) is -0.271. The van der Waals surface area contributed by atoms with Crippen LogP contribution >= 0.6 is 31.9 Å². The van der Waals surface area contributed by atoms with Crippen molar-refractivity contribution in [1.82, 2.24) is 9.66 Å². The first kappa shape index (κ1) is 27.5. The van der Waals surface area contributed by atoms with Gasteiger partial charge in [-0.3, -0.25) is 14.9 Å². The Labute approximate surface area is 253 Å². The number of benzene rings is 4. The van der Waals surface area contributed by atoms with Gasteiger partial charge in [0.05, 0.1) is 22.0 Å². The van der Waals surface area contributed by atoms with Crippen LogP contribution in [0.2, 0.25) is 0 Å². The van der Waals surface area contributed by atoms with E-state index in [9.17, 15) is 19.3 Å². The van der Waals surface area contributed by atoms with Crippen molar-refractivity contribution >= 4 is 65.6 Å². The molecule has 2 heterocycles. The zero-order valence-corrected chi connectivity index (χ0v) is 24.5. The van der Waals surface area contributed by atoms with Gasteiger partial charge in [0.2, 0.25) is 11.6 Å². The molecule has 0 saturated carbocycles. The van der Waals surface area contributed by atoms with Gasteiger partial charge in [-0.2, -0.15) is 9.78 Å². The molecule has 0 bridgehead atoms. The Kier molecular flexibility index (Phi) is 7.40. The Morgan fingerprint density at radius 1 is 1.02 bits per heavy atom. The Balaban J connectivity index is 1.50. The van der Waals surface area contributed by atoms with Gasteiger partial charge in [-0.15, -0.1) is 0 Å². The first-order valence-electron chi connectivity index (χ1n) is 12.4. The second-order valence-corrected chi connectivity index (χ2v) is 10.9. The molecular formula is C30H17Br2FN4O5. The number of hydrogen-bond acceptors (Lipinski definition) is 7. The molecular weight excluding hydrogens is 675 g/mol. The van der Waals surface area contributed by atoms with Crippen LogP contribution in [0.4, 0.5) is 10.1 Å². The zero-order valence-electron chi connectivity index (χ0n) is 21.3. The topological polar surface area (TPSA) is 113 Å². The van der Waals surface area contributed by atoms with Gasteiger partial charge in [0, 0.05) is 31.5 Å². The molecule has 0 fully saturated rings. The monoisotopic (exact) mass is 690 g/mol. The summed E-state index contributed by atoms with van der Waals surface area (Å²) >= 11 is 6.74. The molecule has 0 aliphatic carbocycles. The highest BCUT2D eigenvalue weighted by Crippen LogP contribution is 2.35. The minimum Gasteiger partial charge on any atom is -0.481 e. The van der Waals surface area contributed by atoms with E-state index in [1.54, 1.807) is 48.5 Å². The van der Waals surface area contributed by atoms with Gasteiger partial charge in [-0.25, -0.2) is 9.37 Å². The number of fused-ring (bicyclic) bond motifs is 2. The van der Waals surface area contributed by atoms with Crippen molar-refractivity contribution in [2.24, 2.45) is 5.10 Å². The van der Waals surface area contributed by atoms with Crippen LogP contribution in [-0.4, -0.2) is 20.8 Å². The molecule has 4 aromatic carbocycles. The molecule has 0 saturated heterocycles. The second-order valence-electron chi connectivity index (χ2n) is 9.09. The molecule has 208 valence electrons. The van der Waals surface area contributed by atoms with Gasteiger partial charge >= 0.3 is 5.69 Å². The molecule has 6 aromatic rings. The Morgan fingerprint density at radius 2 is 1.81 bits per heavy atom. The van der Waals surface area contributed by atoms with Gasteiger partial charge in [0.25, 0.3) is 5.56 Å². The second kappa shape index (κ2) is 11.3. The van der Waals surface area contributed by atoms with Gasteiger partial charge in [-0.05, 0) is 48.5 Å². The highest BCUT2D eigenvalue weighted by atomic mass is 79.9. The van der Waals surface area contributed by atoms with E-state index < -0.39 is 16.3 Å². The third-order valence-corrected chi connectivity index (χ3v) is 7.31. The van der Waals surface area contributed by atoms with E-state index in [2.05, 4.69) is 41.9 Å². The Bertz CT molecular complexity index is 2110. The predicted molar refractivity (Wildman–Crippen MR) is 163 cm³/mol. The molecule has 0 radical (unpaired) electrons. The van der Waals surface area contributed by atoms with Gasteiger partial charge < -0.3 is 9.15 Å². The summed E-state index contributed by atoms with van der Waals surface area (Å²) in [7, 11) is 0. The smallest absolute Gasteiger partial charge is 0.312 e. The number of halogens is 3. The lowest BCUT2D eigenvalue weighted by atomic mass is 10.2. The molecule has 6 rings (SSSR count). The lowest BCUT2D eigenvalue weighted by molar-refractivity contribution is -0.386. The molecule has 0 N–H and O–H groups in total. The van der Waals surface area contributed by atoms with E-state index in [0.29, 0.717) is 26.7 Å². The lowest BCUT2D eigenvalue weighted by Gasteiger charge is -2.11. The fraction of sp³-hybridized carbons (Fsp3) is 0.0333. The van der Waals surface area contributed by atoms with Gasteiger partial charge in [0.1, 0.15) is 18.0 Å². The Hall–Kier alpha value is -4.68. The summed E-state index contributed by atoms with van der Waals surface area (Å²) in [5.41, 5.74) is 0.564. The molecule has 9 nitrogen and oxygen atoms in total. The molecule has 0 amide bonds. The summed E-state index contributed by atoms with van der Waals surface area (Å²) in [6, 6.07) is 22.8. The molecule has 0 aliphatic heterocycles. The normalized spacial score (nSPS) is 11.5. The highest BCUT2D eigenvalue weighted by Gasteiger charge is 2.22. The summed E-state index contributed by atoms with van der Waals surface area (Å²) in [4.78, 5) is 29.6. The largest absolute Gasteiger partial charge is 0.481 e. The molecule has 0 aliphatic rings. The number of nitro benzene ring substituents is 1. The summed E-state index contributed by atoms with van der Waals surface area (Å²) < 4.78 is 28.4. The van der Waals surface area contributed by atoms with Crippen LogP contribution in [0.3, 0.4) is 0 Å². The summed E-state index contributed by atoms with van der Waals surface area (Å²) in [5.74, 6) is -0.240. The molecule has 2 aromatic heterocycles. The van der Waals surface area contributed by atoms with E-state index in [0.717, 1.165) is 14.5 Å². The first-order chi connectivity index (χ1) is 20.3. The fourth-order valence-electron chi connectivity index (χ4n) is 4.39. The predicted octanol–water partition coefficient (Wildman–Crippen LogP) is 7.84. The summed E-state index contributed by atoms with van der Waals surface area (Å²) in [5, 5.41) is 17.4. The van der Waals surface area contributed by atoms with Crippen molar-refractivity contribution in [3.63, 3.8) is 0 Å². The highest BCUT2D eigenvalue weighted by molar-refractivity contribution is 9.10. The molecule has 12 heteroatoms. The zero-order chi connectivity index (χ0) is 29.4. The van der Waals surface area contributed by atoms with Crippen LogP contribution < -0.4 is 10.3 Å². The Morgan fingerprint density at radius 3 is 2.62 bits per heavy atom. The van der Waals surface area contributed by atoms with E-state index in [-0.39, 0.29) is 35.0 Å². The standard InChI is InChI=1S/C30H17Br2FN4O5/c31-20-9-10-26-18(11-20)13-27(42-26)29-35-24-8-4-2-6-22(24)30(38)36(29)34-15-19-12-21(32)14-25(37(39)40)28(19)41-16-17-5-1-3-7-23(17)33/h1-15H,16H2. The van der Waals surface area contributed by atoms with Gasteiger partial charge in [-0.1, -0.05) is 62.2 Å². The van der Waals surface area contributed by atoms with Crippen LogP contribution in [0.1, 0.15) is 11.1 Å². The quantitative estimate of drug-likeness (QED) is 0.0958. The minimum atomic E-state index is -0.611. The maximum Gasteiger partial charge on any atom is 0.312 e. The van der Waals surface area contributed by atoms with Crippen LogP contribution in [0.5, 0.6) is 5.75 Å². The average Bonchev–Trinajstić information content (AvgIpc) is 3.39. The van der Waals surface area contributed by atoms with E-state index in [1.165, 1.54) is 30.5 Å². The van der Waals surface area contributed by atoms with E-state index in [4.69, 9.17) is 9.15 Å². The molecule has 0 spiro atoms. The van der Waals surface area contributed by atoms with Crippen molar-refractivity contribution in [2.45, 2.75) is 6.61 Å². The number of hydrogen-bond donors (Lipinski definition) is 0. The fourth-order valence-corrected chi connectivity index (χ4v) is 5.23. The van der Waals surface area contributed by atoms with Crippen LogP contribution in [0.25, 0.3) is 33.5 Å². The third kappa shape index (κ3) is 5.33. The lowest BCUT2D eigenvalue weighted by Crippen LogP contribution is -2.20. The van der Waals surface area contributed by atoms with Crippen molar-refractivity contribution in [3.05, 3.63) is 131 Å². The van der Waals surface area contributed by atoms with E-state index >= 15 is 0 Å². The maximum absolute atomic E-state index is 14.3. The van der Waals surface area contributed by atoms with E-state index in [1.807, 2.05) is 12.1 Å². The number of ether oxygens (including phenoxy) is 1. The molecule has 0 atom stereocenters. The molecule has 42 heavy (non-hydrogen) atoms. The number of nitrogens with zero attached hydrogens (tertiary/aromatic N) is 4. The third-order valence-electron chi connectivity index (χ3n) is 6.35. The number of aromatic nitrogens is 2. The number of para-hydroxylation sites is 1. The number of nitro groups is 1. The van der Waals surface area contributed by atoms with Crippen molar-refractivity contribution < 1.29 is 18.5 Å². The van der Waals surface area contributed by atoms with Crippen LogP contribution in [0, 0.1) is 15.9 Å². The van der Waals surface area contributed by atoms with Crippen molar-refractivity contribution in [1.29, 1.82) is 0 Å². The van der Waals surface area contributed by atoms with Crippen molar-refractivity contribution in [2.75, 3.05) is 0 Å². The number of furan rings is 1. The summed E-state index contributed by atoms with van der Waals surface area (Å²) in [6.07, 6.45) is 1.26. The minimum absolute atomic E-state index is 0.126. The molecule has 0 unspecified atom stereocenters.